The van der Waals surface area contributed by atoms with Gasteiger partial charge in [0, 0.05) is 0 Å². The third-order valence-electron chi connectivity index (χ3n) is 2.49. The molecule has 0 aliphatic rings. The highest BCUT2D eigenvalue weighted by Gasteiger charge is 2.42. The standard InChI is InChI=1S/C10H16F3N3O5/c1-4(8(18)16-21)14-6(10(11,12)13)3-7(17)15-5(2)9(19)20/h4-6,14,21H,3H2,1-2H3,(H,15,17)(H,16,18)(H,19,20)/t4-,5-,6-/m0/s1. The lowest BCUT2D eigenvalue weighted by molar-refractivity contribution is -0.165. The lowest BCUT2D eigenvalue weighted by atomic mass is 10.1. The van der Waals surface area contributed by atoms with E-state index >= 15 is 0 Å². The minimum Gasteiger partial charge on any atom is -0.480 e. The molecule has 0 unspecified atom stereocenters. The van der Waals surface area contributed by atoms with Crippen molar-refractivity contribution < 1.29 is 37.9 Å². The van der Waals surface area contributed by atoms with Crippen LogP contribution in [0.3, 0.4) is 0 Å². The Hall–Kier alpha value is -1.88. The van der Waals surface area contributed by atoms with E-state index in [4.69, 9.17) is 10.3 Å². The molecule has 0 saturated heterocycles. The summed E-state index contributed by atoms with van der Waals surface area (Å²) in [6.07, 6.45) is -5.95. The molecule has 0 bridgehead atoms. The molecule has 0 saturated carbocycles. The van der Waals surface area contributed by atoms with E-state index in [0.717, 1.165) is 13.8 Å². The number of halogens is 3. The molecule has 3 atom stereocenters. The minimum atomic E-state index is -4.84. The van der Waals surface area contributed by atoms with Crippen LogP contribution < -0.4 is 16.1 Å². The summed E-state index contributed by atoms with van der Waals surface area (Å²) in [6.45, 7) is 2.15. The zero-order valence-electron chi connectivity index (χ0n) is 11.2. The van der Waals surface area contributed by atoms with Gasteiger partial charge in [0.15, 0.2) is 0 Å². The first kappa shape index (κ1) is 19.1. The van der Waals surface area contributed by atoms with Gasteiger partial charge in [-0.25, -0.2) is 5.48 Å². The second kappa shape index (κ2) is 7.78. The number of carbonyl (C=O) groups excluding carboxylic acids is 2. The maximum atomic E-state index is 12.8. The molecular formula is C10H16F3N3O5. The average Bonchev–Trinajstić information content (AvgIpc) is 2.35. The van der Waals surface area contributed by atoms with Crippen LogP contribution in [0.2, 0.25) is 0 Å². The number of alkyl halides is 3. The van der Waals surface area contributed by atoms with Crippen molar-refractivity contribution in [2.24, 2.45) is 0 Å². The molecule has 8 nitrogen and oxygen atoms in total. The summed E-state index contributed by atoms with van der Waals surface area (Å²) in [5.74, 6) is -3.65. The molecule has 5 N–H and O–H groups in total. The van der Waals surface area contributed by atoms with Crippen molar-refractivity contribution in [2.45, 2.75) is 44.6 Å². The third-order valence-corrected chi connectivity index (χ3v) is 2.49. The molecule has 0 aromatic carbocycles. The van der Waals surface area contributed by atoms with Gasteiger partial charge >= 0.3 is 12.1 Å². The molecule has 0 aliphatic heterocycles. The molecule has 0 rings (SSSR count). The highest BCUT2D eigenvalue weighted by molar-refractivity contribution is 5.84. The topological polar surface area (TPSA) is 128 Å². The van der Waals surface area contributed by atoms with E-state index in [1.54, 1.807) is 0 Å². The van der Waals surface area contributed by atoms with Crippen LogP contribution in [0.1, 0.15) is 20.3 Å². The molecule has 122 valence electrons. The molecular weight excluding hydrogens is 299 g/mol. The molecule has 11 heteroatoms. The zero-order chi connectivity index (χ0) is 16.8. The van der Waals surface area contributed by atoms with E-state index in [2.05, 4.69) is 0 Å². The number of amides is 2. The number of hydroxylamine groups is 1. The van der Waals surface area contributed by atoms with Crippen molar-refractivity contribution in [3.8, 4) is 0 Å². The van der Waals surface area contributed by atoms with E-state index in [1.807, 2.05) is 10.6 Å². The average molecular weight is 315 g/mol. The fraction of sp³-hybridized carbons (Fsp3) is 0.700. The van der Waals surface area contributed by atoms with Gasteiger partial charge in [-0.3, -0.25) is 24.9 Å². The van der Waals surface area contributed by atoms with Crippen LogP contribution in [-0.2, 0) is 14.4 Å². The summed E-state index contributed by atoms with van der Waals surface area (Å²) in [6, 6.07) is -5.12. The van der Waals surface area contributed by atoms with E-state index < -0.39 is 48.5 Å². The predicted octanol–water partition coefficient (Wildman–Crippen LogP) is -0.620. The summed E-state index contributed by atoms with van der Waals surface area (Å²) in [5, 5.41) is 20.6. The fourth-order valence-corrected chi connectivity index (χ4v) is 1.29. The Morgan fingerprint density at radius 3 is 2.05 bits per heavy atom. The number of carbonyl (C=O) groups is 3. The summed E-state index contributed by atoms with van der Waals surface area (Å²) >= 11 is 0. The van der Waals surface area contributed by atoms with Crippen LogP contribution in [0, 0.1) is 0 Å². The Bertz CT molecular complexity index is 402. The van der Waals surface area contributed by atoms with Gasteiger partial charge in [0.25, 0.3) is 5.91 Å². The maximum absolute atomic E-state index is 12.8. The van der Waals surface area contributed by atoms with Crippen molar-refractivity contribution in [1.82, 2.24) is 16.1 Å². The Morgan fingerprint density at radius 2 is 1.67 bits per heavy atom. The summed E-state index contributed by atoms with van der Waals surface area (Å²) in [5.41, 5.74) is 1.17. The van der Waals surface area contributed by atoms with Crippen LogP contribution >= 0.6 is 0 Å². The minimum absolute atomic E-state index is 1.06. The molecule has 0 fully saturated rings. The van der Waals surface area contributed by atoms with Gasteiger partial charge in [-0.05, 0) is 13.8 Å². The van der Waals surface area contributed by atoms with Crippen molar-refractivity contribution in [2.75, 3.05) is 0 Å². The van der Waals surface area contributed by atoms with Gasteiger partial charge in [0.2, 0.25) is 5.91 Å². The van der Waals surface area contributed by atoms with Crippen molar-refractivity contribution in [3.05, 3.63) is 0 Å². The second-order valence-electron chi connectivity index (χ2n) is 4.29. The van der Waals surface area contributed by atoms with Crippen LogP contribution in [0.25, 0.3) is 0 Å². The Morgan fingerprint density at radius 1 is 1.14 bits per heavy atom. The number of aliphatic carboxylic acids is 1. The van der Waals surface area contributed by atoms with Crippen LogP contribution in [-0.4, -0.2) is 52.4 Å². The van der Waals surface area contributed by atoms with Crippen molar-refractivity contribution in [3.63, 3.8) is 0 Å². The molecule has 21 heavy (non-hydrogen) atoms. The molecule has 0 heterocycles. The Labute approximate surface area is 117 Å². The molecule has 0 aromatic heterocycles. The smallest absolute Gasteiger partial charge is 0.404 e. The number of carboxylic acids is 1. The summed E-state index contributed by atoms with van der Waals surface area (Å²) in [7, 11) is 0. The van der Waals surface area contributed by atoms with E-state index in [-0.39, 0.29) is 0 Å². The van der Waals surface area contributed by atoms with E-state index in [0.29, 0.717) is 0 Å². The quantitative estimate of drug-likeness (QED) is 0.315. The first-order chi connectivity index (χ1) is 9.48. The van der Waals surface area contributed by atoms with Crippen LogP contribution in [0.4, 0.5) is 13.2 Å². The number of rotatable bonds is 7. The van der Waals surface area contributed by atoms with Crippen molar-refractivity contribution >= 4 is 17.8 Å². The third kappa shape index (κ3) is 6.90. The highest BCUT2D eigenvalue weighted by Crippen LogP contribution is 2.23. The second-order valence-corrected chi connectivity index (χ2v) is 4.29. The van der Waals surface area contributed by atoms with Gasteiger partial charge in [0.1, 0.15) is 12.1 Å². The maximum Gasteiger partial charge on any atom is 0.404 e. The molecule has 0 aromatic rings. The normalized spacial score (nSPS) is 15.7. The highest BCUT2D eigenvalue weighted by atomic mass is 19.4. The van der Waals surface area contributed by atoms with Gasteiger partial charge < -0.3 is 10.4 Å². The number of nitrogens with one attached hydrogen (secondary N) is 3. The molecule has 0 aliphatic carbocycles. The van der Waals surface area contributed by atoms with E-state index in [9.17, 15) is 27.6 Å². The fourth-order valence-electron chi connectivity index (χ4n) is 1.29. The molecule has 0 radical (unpaired) electrons. The van der Waals surface area contributed by atoms with Gasteiger partial charge in [-0.1, -0.05) is 0 Å². The first-order valence-corrected chi connectivity index (χ1v) is 5.78. The lowest BCUT2D eigenvalue weighted by Gasteiger charge is -2.24. The summed E-state index contributed by atoms with van der Waals surface area (Å²) in [4.78, 5) is 32.8. The van der Waals surface area contributed by atoms with E-state index in [1.165, 1.54) is 5.48 Å². The monoisotopic (exact) mass is 315 g/mol. The van der Waals surface area contributed by atoms with Gasteiger partial charge in [-0.2, -0.15) is 13.2 Å². The largest absolute Gasteiger partial charge is 0.480 e. The Kier molecular flexibility index (Phi) is 7.09. The number of carboxylic acid groups (broad SMARTS) is 1. The van der Waals surface area contributed by atoms with Crippen LogP contribution in [0.5, 0.6) is 0 Å². The Balaban J connectivity index is 4.76. The number of hydrogen-bond acceptors (Lipinski definition) is 5. The number of hydrogen-bond donors (Lipinski definition) is 5. The zero-order valence-corrected chi connectivity index (χ0v) is 11.2. The first-order valence-electron chi connectivity index (χ1n) is 5.78. The SMILES string of the molecule is C[C@H](NC(=O)C[C@H](N[C@@H](C)C(=O)NO)C(F)(F)F)C(=O)O. The van der Waals surface area contributed by atoms with Gasteiger partial charge in [0.05, 0.1) is 12.5 Å². The summed E-state index contributed by atoms with van der Waals surface area (Å²) < 4.78 is 38.3. The van der Waals surface area contributed by atoms with Gasteiger partial charge in [-0.15, -0.1) is 0 Å². The van der Waals surface area contributed by atoms with Crippen LogP contribution in [0.15, 0.2) is 0 Å². The van der Waals surface area contributed by atoms with Crippen molar-refractivity contribution in [1.29, 1.82) is 0 Å². The molecule has 2 amide bonds. The molecule has 0 spiro atoms. The predicted molar refractivity (Wildman–Crippen MR) is 62.2 cm³/mol. The lowest BCUT2D eigenvalue weighted by Crippen LogP contribution is -2.53.